The number of hydrogen-bond donors (Lipinski definition) is 1. The normalized spacial score (nSPS) is 20.3. The van der Waals surface area contributed by atoms with Crippen LogP contribution in [0.1, 0.15) is 13.3 Å². The average Bonchev–Trinajstić information content (AvgIpc) is 2.25. The Hall–Kier alpha value is -0.630. The fourth-order valence-corrected chi connectivity index (χ4v) is 1.60. The largest absolute Gasteiger partial charge is 0.379 e. The van der Waals surface area contributed by atoms with Gasteiger partial charge >= 0.3 is 0 Å². The molecule has 14 heavy (non-hydrogen) atoms. The van der Waals surface area contributed by atoms with E-state index in [1.165, 1.54) is 0 Å². The van der Waals surface area contributed by atoms with Crippen LogP contribution in [0.5, 0.6) is 0 Å². The lowest BCUT2D eigenvalue weighted by Crippen LogP contribution is -2.39. The van der Waals surface area contributed by atoms with Crippen LogP contribution in [0.2, 0.25) is 0 Å². The minimum atomic E-state index is 0.00263. The van der Waals surface area contributed by atoms with E-state index in [0.717, 1.165) is 45.8 Å². The smallest absolute Gasteiger partial charge is 0.0965 e. The van der Waals surface area contributed by atoms with Gasteiger partial charge in [-0.25, -0.2) is 0 Å². The van der Waals surface area contributed by atoms with E-state index in [-0.39, 0.29) is 6.04 Å². The molecule has 0 aliphatic carbocycles. The Kier molecular flexibility index (Phi) is 5.53. The lowest BCUT2D eigenvalue weighted by atomic mass is 10.2. The predicted octanol–water partition coefficient (Wildman–Crippen LogP) is 0.210. The number of morpholine rings is 1. The van der Waals surface area contributed by atoms with Crippen LogP contribution in [0.25, 0.3) is 0 Å². The molecule has 1 heterocycles. The minimum absolute atomic E-state index is 0.00263. The monoisotopic (exact) mass is 197 g/mol. The summed E-state index contributed by atoms with van der Waals surface area (Å²) in [7, 11) is 0. The zero-order chi connectivity index (χ0) is 10.2. The molecule has 1 fully saturated rings. The first kappa shape index (κ1) is 11.4. The molecule has 1 aliphatic rings. The van der Waals surface area contributed by atoms with Crippen molar-refractivity contribution in [2.45, 2.75) is 19.4 Å². The first-order valence-electron chi connectivity index (χ1n) is 5.30. The van der Waals surface area contributed by atoms with Crippen molar-refractivity contribution in [3.63, 3.8) is 0 Å². The van der Waals surface area contributed by atoms with Crippen LogP contribution >= 0.6 is 0 Å². The molecule has 4 nitrogen and oxygen atoms in total. The van der Waals surface area contributed by atoms with Crippen LogP contribution in [0.3, 0.4) is 0 Å². The quantitative estimate of drug-likeness (QED) is 0.684. The Bertz CT molecular complexity index is 184. The van der Waals surface area contributed by atoms with E-state index in [2.05, 4.69) is 16.3 Å². The molecule has 1 saturated heterocycles. The summed E-state index contributed by atoms with van der Waals surface area (Å²) in [6.45, 7) is 7.56. The van der Waals surface area contributed by atoms with Crippen LogP contribution in [0.4, 0.5) is 0 Å². The molecule has 80 valence electrons. The fraction of sp³-hybridized carbons (Fsp3) is 0.900. The summed E-state index contributed by atoms with van der Waals surface area (Å²) in [6.07, 6.45) is 0.907. The second-order valence-electron chi connectivity index (χ2n) is 3.48. The maximum atomic E-state index is 8.83. The molecule has 0 aromatic carbocycles. The highest BCUT2D eigenvalue weighted by molar-refractivity contribution is 4.89. The van der Waals surface area contributed by atoms with Gasteiger partial charge in [-0.1, -0.05) is 6.92 Å². The first-order chi connectivity index (χ1) is 6.86. The van der Waals surface area contributed by atoms with Crippen molar-refractivity contribution in [1.29, 1.82) is 5.26 Å². The molecular formula is C10H19N3O. The SMILES string of the molecule is CCNC(C#N)CCN1CCOCC1. The highest BCUT2D eigenvalue weighted by Gasteiger charge is 2.12. The van der Waals surface area contributed by atoms with Gasteiger partial charge in [0.2, 0.25) is 0 Å². The predicted molar refractivity (Wildman–Crippen MR) is 55.0 cm³/mol. The Morgan fingerprint density at radius 1 is 1.50 bits per heavy atom. The van der Waals surface area contributed by atoms with Crippen molar-refractivity contribution in [2.24, 2.45) is 0 Å². The van der Waals surface area contributed by atoms with Crippen LogP contribution in [-0.2, 0) is 4.74 Å². The van der Waals surface area contributed by atoms with Crippen LogP contribution < -0.4 is 5.32 Å². The molecule has 0 radical (unpaired) electrons. The van der Waals surface area contributed by atoms with Gasteiger partial charge in [-0.15, -0.1) is 0 Å². The van der Waals surface area contributed by atoms with Gasteiger partial charge in [0.1, 0.15) is 0 Å². The maximum Gasteiger partial charge on any atom is 0.0965 e. The van der Waals surface area contributed by atoms with E-state index >= 15 is 0 Å². The third-order valence-electron chi connectivity index (χ3n) is 2.44. The van der Waals surface area contributed by atoms with Crippen molar-refractivity contribution in [2.75, 3.05) is 39.4 Å². The van der Waals surface area contributed by atoms with Crippen molar-refractivity contribution >= 4 is 0 Å². The summed E-state index contributed by atoms with van der Waals surface area (Å²) in [5.74, 6) is 0. The highest BCUT2D eigenvalue weighted by atomic mass is 16.5. The fourth-order valence-electron chi connectivity index (χ4n) is 1.60. The second kappa shape index (κ2) is 6.77. The minimum Gasteiger partial charge on any atom is -0.379 e. The van der Waals surface area contributed by atoms with E-state index in [0.29, 0.717) is 0 Å². The highest BCUT2D eigenvalue weighted by Crippen LogP contribution is 2.00. The molecule has 0 amide bonds. The van der Waals surface area contributed by atoms with Gasteiger partial charge in [0, 0.05) is 19.6 Å². The van der Waals surface area contributed by atoms with Crippen molar-refractivity contribution < 1.29 is 4.74 Å². The second-order valence-corrected chi connectivity index (χ2v) is 3.48. The van der Waals surface area contributed by atoms with Gasteiger partial charge in [0.15, 0.2) is 0 Å². The molecule has 1 aliphatic heterocycles. The first-order valence-corrected chi connectivity index (χ1v) is 5.30. The Balaban J connectivity index is 2.14. The zero-order valence-corrected chi connectivity index (χ0v) is 8.83. The lowest BCUT2D eigenvalue weighted by molar-refractivity contribution is 0.0368. The van der Waals surface area contributed by atoms with Gasteiger partial charge < -0.3 is 10.1 Å². The van der Waals surface area contributed by atoms with Gasteiger partial charge in [-0.2, -0.15) is 5.26 Å². The van der Waals surface area contributed by atoms with E-state index in [9.17, 15) is 0 Å². The van der Waals surface area contributed by atoms with Gasteiger partial charge in [0.05, 0.1) is 25.3 Å². The van der Waals surface area contributed by atoms with Crippen molar-refractivity contribution in [3.8, 4) is 6.07 Å². The number of ether oxygens (including phenoxy) is 1. The molecular weight excluding hydrogens is 178 g/mol. The molecule has 4 heteroatoms. The number of rotatable bonds is 5. The Morgan fingerprint density at radius 3 is 2.79 bits per heavy atom. The summed E-state index contributed by atoms with van der Waals surface area (Å²) >= 11 is 0. The summed E-state index contributed by atoms with van der Waals surface area (Å²) in [6, 6.07) is 2.28. The van der Waals surface area contributed by atoms with Crippen LogP contribution in [-0.4, -0.2) is 50.3 Å². The van der Waals surface area contributed by atoms with Crippen LogP contribution in [0.15, 0.2) is 0 Å². The van der Waals surface area contributed by atoms with E-state index in [1.54, 1.807) is 0 Å². The molecule has 1 unspecified atom stereocenters. The topological polar surface area (TPSA) is 48.3 Å². The summed E-state index contributed by atoms with van der Waals surface area (Å²) < 4.78 is 5.26. The van der Waals surface area contributed by atoms with Gasteiger partial charge in [-0.05, 0) is 13.0 Å². The van der Waals surface area contributed by atoms with Gasteiger partial charge in [-0.3, -0.25) is 4.90 Å². The molecule has 1 rings (SSSR count). The standard InChI is InChI=1S/C10H19N3O/c1-2-12-10(9-11)3-4-13-5-7-14-8-6-13/h10,12H,2-8H2,1H3. The van der Waals surface area contributed by atoms with E-state index in [4.69, 9.17) is 10.00 Å². The molecule has 0 aromatic heterocycles. The molecule has 0 bridgehead atoms. The molecule has 0 aromatic rings. The Labute approximate surface area is 85.8 Å². The molecule has 0 saturated carbocycles. The van der Waals surface area contributed by atoms with Crippen molar-refractivity contribution in [3.05, 3.63) is 0 Å². The molecule has 0 spiro atoms. The zero-order valence-electron chi connectivity index (χ0n) is 8.83. The Morgan fingerprint density at radius 2 is 2.21 bits per heavy atom. The van der Waals surface area contributed by atoms with E-state index in [1.807, 2.05) is 6.92 Å². The number of hydrogen-bond acceptors (Lipinski definition) is 4. The molecule has 1 atom stereocenters. The third kappa shape index (κ3) is 4.05. The number of nitrogens with one attached hydrogen (secondary N) is 1. The van der Waals surface area contributed by atoms with E-state index < -0.39 is 0 Å². The summed E-state index contributed by atoms with van der Waals surface area (Å²) in [5.41, 5.74) is 0. The average molecular weight is 197 g/mol. The summed E-state index contributed by atoms with van der Waals surface area (Å²) in [5, 5.41) is 12.0. The number of nitrogens with zero attached hydrogens (tertiary/aromatic N) is 2. The maximum absolute atomic E-state index is 8.83. The van der Waals surface area contributed by atoms with Crippen molar-refractivity contribution in [1.82, 2.24) is 10.2 Å². The van der Waals surface area contributed by atoms with Gasteiger partial charge in [0.25, 0.3) is 0 Å². The number of nitriles is 1. The van der Waals surface area contributed by atoms with Crippen LogP contribution in [0, 0.1) is 11.3 Å². The lowest BCUT2D eigenvalue weighted by Gasteiger charge is -2.27. The third-order valence-corrected chi connectivity index (χ3v) is 2.44. The molecule has 1 N–H and O–H groups in total. The summed E-state index contributed by atoms with van der Waals surface area (Å²) in [4.78, 5) is 2.35.